The molecule has 0 aromatic carbocycles. The maximum atomic E-state index is 12.2. The third kappa shape index (κ3) is 3.89. The maximum Gasteiger partial charge on any atom is 0.323 e. The smallest absolute Gasteiger partial charge is 0.323 e. The highest BCUT2D eigenvalue weighted by Gasteiger charge is 2.26. The van der Waals surface area contributed by atoms with Crippen molar-refractivity contribution in [3.8, 4) is 0 Å². The van der Waals surface area contributed by atoms with Gasteiger partial charge in [0, 0.05) is 43.2 Å². The van der Waals surface area contributed by atoms with Gasteiger partial charge in [0.2, 0.25) is 0 Å². The SMILES string of the molecule is O=C(Nc1nccs1)N1CCC(Cn2cnc(C3CC3)cc2=O)CC1. The number of amides is 2. The molecule has 0 radical (unpaired) electrons. The van der Waals surface area contributed by atoms with Crippen molar-refractivity contribution in [2.45, 2.75) is 38.1 Å². The lowest BCUT2D eigenvalue weighted by atomic mass is 9.97. The molecule has 1 aliphatic carbocycles. The van der Waals surface area contributed by atoms with E-state index in [0.29, 0.717) is 36.6 Å². The molecule has 2 amide bonds. The van der Waals surface area contributed by atoms with Gasteiger partial charge >= 0.3 is 6.03 Å². The molecule has 0 atom stereocenters. The number of thiazole rings is 1. The molecule has 0 spiro atoms. The highest BCUT2D eigenvalue weighted by atomic mass is 32.1. The zero-order chi connectivity index (χ0) is 17.2. The Kier molecular flexibility index (Phi) is 4.52. The zero-order valence-electron chi connectivity index (χ0n) is 13.9. The van der Waals surface area contributed by atoms with Crippen LogP contribution in [0.5, 0.6) is 0 Å². The van der Waals surface area contributed by atoms with Crippen LogP contribution in [-0.4, -0.2) is 38.6 Å². The van der Waals surface area contributed by atoms with Gasteiger partial charge in [-0.15, -0.1) is 11.3 Å². The van der Waals surface area contributed by atoms with Crippen LogP contribution in [0.15, 0.2) is 28.8 Å². The van der Waals surface area contributed by atoms with Gasteiger partial charge in [0.1, 0.15) is 0 Å². The second kappa shape index (κ2) is 6.95. The molecule has 132 valence electrons. The molecule has 1 aliphatic heterocycles. The van der Waals surface area contributed by atoms with Gasteiger partial charge in [0.05, 0.1) is 12.0 Å². The van der Waals surface area contributed by atoms with Gasteiger partial charge in [-0.05, 0) is 31.6 Å². The van der Waals surface area contributed by atoms with E-state index in [1.165, 1.54) is 11.3 Å². The number of aromatic nitrogens is 3. The Balaban J connectivity index is 1.30. The van der Waals surface area contributed by atoms with Crippen LogP contribution in [0, 0.1) is 5.92 Å². The average molecular weight is 359 g/mol. The van der Waals surface area contributed by atoms with Crippen LogP contribution in [0.2, 0.25) is 0 Å². The monoisotopic (exact) mass is 359 g/mol. The van der Waals surface area contributed by atoms with E-state index < -0.39 is 0 Å². The number of carbonyl (C=O) groups excluding carboxylic acids is 1. The highest BCUT2D eigenvalue weighted by molar-refractivity contribution is 7.13. The van der Waals surface area contributed by atoms with E-state index in [1.54, 1.807) is 23.2 Å². The largest absolute Gasteiger partial charge is 0.324 e. The van der Waals surface area contributed by atoms with E-state index in [0.717, 1.165) is 31.4 Å². The first kappa shape index (κ1) is 16.3. The third-order valence-electron chi connectivity index (χ3n) is 4.90. The van der Waals surface area contributed by atoms with E-state index in [2.05, 4.69) is 15.3 Å². The molecule has 7 nitrogen and oxygen atoms in total. The van der Waals surface area contributed by atoms with Crippen LogP contribution in [0.25, 0.3) is 0 Å². The number of carbonyl (C=O) groups is 1. The van der Waals surface area contributed by atoms with Gasteiger partial charge < -0.3 is 4.90 Å². The third-order valence-corrected chi connectivity index (χ3v) is 5.59. The first-order valence-electron chi connectivity index (χ1n) is 8.71. The Hall–Kier alpha value is -2.22. The summed E-state index contributed by atoms with van der Waals surface area (Å²) in [6.45, 7) is 2.08. The van der Waals surface area contributed by atoms with Gasteiger partial charge in [-0.3, -0.25) is 14.7 Å². The van der Waals surface area contributed by atoms with Crippen LogP contribution < -0.4 is 10.9 Å². The van der Waals surface area contributed by atoms with Crippen molar-refractivity contribution >= 4 is 22.5 Å². The predicted molar refractivity (Wildman–Crippen MR) is 95.9 cm³/mol. The molecule has 0 bridgehead atoms. The molecule has 0 unspecified atom stereocenters. The summed E-state index contributed by atoms with van der Waals surface area (Å²) >= 11 is 1.41. The molecular weight excluding hydrogens is 338 g/mol. The van der Waals surface area contributed by atoms with Crippen molar-refractivity contribution in [2.75, 3.05) is 18.4 Å². The van der Waals surface area contributed by atoms with E-state index in [1.807, 2.05) is 10.3 Å². The first-order chi connectivity index (χ1) is 12.2. The van der Waals surface area contributed by atoms with Crippen LogP contribution in [0.3, 0.4) is 0 Å². The van der Waals surface area contributed by atoms with E-state index >= 15 is 0 Å². The molecule has 1 N–H and O–H groups in total. The standard InChI is InChI=1S/C17H21N5O2S/c23-15-9-14(13-1-2-13)19-11-22(15)10-12-3-6-21(7-4-12)17(24)20-16-18-5-8-25-16/h5,8-9,11-13H,1-4,6-7,10H2,(H,18,20,24). The van der Waals surface area contributed by atoms with Crippen molar-refractivity contribution in [3.05, 3.63) is 40.0 Å². The van der Waals surface area contributed by atoms with Gasteiger partial charge in [0.25, 0.3) is 5.56 Å². The fourth-order valence-electron chi connectivity index (χ4n) is 3.23. The quantitative estimate of drug-likeness (QED) is 0.910. The summed E-state index contributed by atoms with van der Waals surface area (Å²) in [6, 6.07) is 1.59. The Morgan fingerprint density at radius 1 is 1.24 bits per heavy atom. The topological polar surface area (TPSA) is 80.1 Å². The molecule has 2 aliphatic rings. The normalized spacial score (nSPS) is 18.3. The summed E-state index contributed by atoms with van der Waals surface area (Å²) < 4.78 is 1.71. The van der Waals surface area contributed by atoms with E-state index in [4.69, 9.17) is 0 Å². The second-order valence-electron chi connectivity index (χ2n) is 6.78. The number of nitrogens with zero attached hydrogens (tertiary/aromatic N) is 4. The Bertz CT molecular complexity index is 792. The molecule has 2 aromatic rings. The molecule has 2 aromatic heterocycles. The number of rotatable bonds is 4. The summed E-state index contributed by atoms with van der Waals surface area (Å²) in [5.41, 5.74) is 0.982. The highest BCUT2D eigenvalue weighted by Crippen LogP contribution is 2.38. The molecule has 4 rings (SSSR count). The zero-order valence-corrected chi connectivity index (χ0v) is 14.7. The molecule has 2 fully saturated rings. The minimum absolute atomic E-state index is 0.0424. The van der Waals surface area contributed by atoms with Gasteiger partial charge in [-0.1, -0.05) is 0 Å². The molecule has 1 saturated heterocycles. The lowest BCUT2D eigenvalue weighted by Crippen LogP contribution is -2.42. The number of piperidine rings is 1. The molecular formula is C17H21N5O2S. The van der Waals surface area contributed by atoms with Crippen LogP contribution in [0.4, 0.5) is 9.93 Å². The summed E-state index contributed by atoms with van der Waals surface area (Å²) in [4.78, 5) is 34.8. The summed E-state index contributed by atoms with van der Waals surface area (Å²) in [6.07, 6.45) is 7.45. The number of hydrogen-bond acceptors (Lipinski definition) is 5. The number of nitrogens with one attached hydrogen (secondary N) is 1. The number of hydrogen-bond donors (Lipinski definition) is 1. The van der Waals surface area contributed by atoms with Crippen molar-refractivity contribution in [2.24, 2.45) is 5.92 Å². The van der Waals surface area contributed by atoms with Gasteiger partial charge in [-0.2, -0.15) is 0 Å². The average Bonchev–Trinajstić information content (AvgIpc) is 3.35. The lowest BCUT2D eigenvalue weighted by Gasteiger charge is -2.31. The second-order valence-corrected chi connectivity index (χ2v) is 7.67. The number of urea groups is 1. The van der Waals surface area contributed by atoms with Gasteiger partial charge in [-0.25, -0.2) is 14.8 Å². The van der Waals surface area contributed by atoms with Gasteiger partial charge in [0.15, 0.2) is 5.13 Å². The lowest BCUT2D eigenvalue weighted by molar-refractivity contribution is 0.176. The van der Waals surface area contributed by atoms with Crippen molar-refractivity contribution < 1.29 is 4.79 Å². The van der Waals surface area contributed by atoms with Crippen LogP contribution >= 0.6 is 11.3 Å². The van der Waals surface area contributed by atoms with Crippen LogP contribution in [0.1, 0.15) is 37.3 Å². The van der Waals surface area contributed by atoms with E-state index in [-0.39, 0.29) is 11.6 Å². The summed E-state index contributed by atoms with van der Waals surface area (Å²) in [5.74, 6) is 0.900. The minimum Gasteiger partial charge on any atom is -0.324 e. The van der Waals surface area contributed by atoms with Crippen molar-refractivity contribution in [1.82, 2.24) is 19.4 Å². The molecule has 25 heavy (non-hydrogen) atoms. The van der Waals surface area contributed by atoms with Crippen molar-refractivity contribution in [3.63, 3.8) is 0 Å². The molecule has 8 heteroatoms. The number of likely N-dealkylation sites (tertiary alicyclic amines) is 1. The van der Waals surface area contributed by atoms with Crippen molar-refractivity contribution in [1.29, 1.82) is 0 Å². The van der Waals surface area contributed by atoms with Crippen LogP contribution in [-0.2, 0) is 6.54 Å². The Labute approximate surface area is 149 Å². The fourth-order valence-corrected chi connectivity index (χ4v) is 3.75. The maximum absolute atomic E-state index is 12.2. The summed E-state index contributed by atoms with van der Waals surface area (Å²) in [7, 11) is 0. The molecule has 3 heterocycles. The summed E-state index contributed by atoms with van der Waals surface area (Å²) in [5, 5.41) is 5.28. The number of anilines is 1. The Morgan fingerprint density at radius 3 is 2.68 bits per heavy atom. The predicted octanol–water partition coefficient (Wildman–Crippen LogP) is 2.52. The first-order valence-corrected chi connectivity index (χ1v) is 9.59. The molecule has 1 saturated carbocycles. The van der Waals surface area contributed by atoms with E-state index in [9.17, 15) is 9.59 Å². The Morgan fingerprint density at radius 2 is 2.04 bits per heavy atom. The minimum atomic E-state index is -0.0963. The fraction of sp³-hybridized carbons (Fsp3) is 0.529.